The summed E-state index contributed by atoms with van der Waals surface area (Å²) in [6.45, 7) is 2.71. The third kappa shape index (κ3) is 4.34. The van der Waals surface area contributed by atoms with Gasteiger partial charge in [0, 0.05) is 34.6 Å². The number of carbonyl (C=O) groups excluding carboxylic acids is 3. The molecule has 3 heterocycles. The lowest BCUT2D eigenvalue weighted by Gasteiger charge is -2.30. The van der Waals surface area contributed by atoms with Crippen molar-refractivity contribution < 1.29 is 18.8 Å². The second kappa shape index (κ2) is 8.93. The molecule has 1 aromatic heterocycles. The smallest absolute Gasteiger partial charge is 0.268 e. The largest absolute Gasteiger partial charge is 0.350 e. The van der Waals surface area contributed by atoms with Crippen molar-refractivity contribution in [1.82, 2.24) is 15.2 Å². The van der Waals surface area contributed by atoms with E-state index in [0.717, 1.165) is 5.56 Å². The van der Waals surface area contributed by atoms with Crippen molar-refractivity contribution in [2.75, 3.05) is 11.9 Å². The van der Waals surface area contributed by atoms with Crippen molar-refractivity contribution in [3.05, 3.63) is 64.8 Å². The number of H-pyrrole nitrogens is 1. The lowest BCUT2D eigenvalue weighted by Crippen LogP contribution is -2.52. The van der Waals surface area contributed by atoms with Crippen LogP contribution in [0.15, 0.2) is 48.5 Å². The molecule has 1 unspecified atom stereocenters. The van der Waals surface area contributed by atoms with Crippen molar-refractivity contribution in [2.45, 2.75) is 49.9 Å². The van der Waals surface area contributed by atoms with E-state index < -0.39 is 35.0 Å². The first-order chi connectivity index (χ1) is 17.5. The average molecular weight is 521 g/mol. The molecule has 37 heavy (non-hydrogen) atoms. The van der Waals surface area contributed by atoms with Crippen LogP contribution in [-0.2, 0) is 15.0 Å². The van der Waals surface area contributed by atoms with Gasteiger partial charge in [0.25, 0.3) is 5.91 Å². The predicted molar refractivity (Wildman–Crippen MR) is 140 cm³/mol. The molecular formula is C28H26ClFN4O3. The SMILES string of the molecule is C#C[C@@H]1C[C@@]2(CN1C(=O)C(CC(C)(C)F)NC(=O)c1cc3c(Cl)cccc3[nH]1)C(=O)Nc1ccccc12. The fraction of sp³-hybridized carbons (Fsp3) is 0.321. The molecule has 0 saturated carbocycles. The van der Waals surface area contributed by atoms with Crippen LogP contribution in [0.3, 0.4) is 0 Å². The molecule has 2 aliphatic heterocycles. The van der Waals surface area contributed by atoms with Gasteiger partial charge in [0.05, 0.1) is 11.5 Å². The molecule has 190 valence electrons. The summed E-state index contributed by atoms with van der Waals surface area (Å²) < 4.78 is 14.8. The highest BCUT2D eigenvalue weighted by molar-refractivity contribution is 6.35. The Bertz CT molecular complexity index is 1470. The molecule has 5 rings (SSSR count). The summed E-state index contributed by atoms with van der Waals surface area (Å²) in [5.74, 6) is 1.28. The number of likely N-dealkylation sites (tertiary alicyclic amines) is 1. The van der Waals surface area contributed by atoms with Gasteiger partial charge >= 0.3 is 0 Å². The zero-order chi connectivity index (χ0) is 26.5. The summed E-state index contributed by atoms with van der Waals surface area (Å²) in [6, 6.07) is 12.2. The van der Waals surface area contributed by atoms with Gasteiger partial charge in [-0.15, -0.1) is 6.42 Å². The summed E-state index contributed by atoms with van der Waals surface area (Å²) in [7, 11) is 0. The Balaban J connectivity index is 1.44. The third-order valence-electron chi connectivity index (χ3n) is 7.11. The molecule has 1 fully saturated rings. The molecule has 0 radical (unpaired) electrons. The van der Waals surface area contributed by atoms with Crippen LogP contribution in [0.2, 0.25) is 5.02 Å². The van der Waals surface area contributed by atoms with Gasteiger partial charge in [-0.05, 0) is 50.1 Å². The maximum absolute atomic E-state index is 14.8. The van der Waals surface area contributed by atoms with E-state index in [0.29, 0.717) is 21.6 Å². The number of nitrogens with one attached hydrogen (secondary N) is 3. The molecule has 1 spiro atoms. The van der Waals surface area contributed by atoms with E-state index in [4.69, 9.17) is 18.0 Å². The number of rotatable bonds is 5. The van der Waals surface area contributed by atoms with Crippen molar-refractivity contribution in [2.24, 2.45) is 0 Å². The number of nitrogens with zero attached hydrogens (tertiary/aromatic N) is 1. The highest BCUT2D eigenvalue weighted by atomic mass is 35.5. The topological polar surface area (TPSA) is 94.3 Å². The second-order valence-corrected chi connectivity index (χ2v) is 10.7. The molecule has 3 N–H and O–H groups in total. The third-order valence-corrected chi connectivity index (χ3v) is 7.44. The Labute approximate surface area is 218 Å². The molecule has 3 aromatic rings. The van der Waals surface area contributed by atoms with Gasteiger partial charge in [0.15, 0.2) is 0 Å². The van der Waals surface area contributed by atoms with Crippen LogP contribution in [0.1, 0.15) is 42.7 Å². The molecule has 3 atom stereocenters. The van der Waals surface area contributed by atoms with Gasteiger partial charge < -0.3 is 20.5 Å². The lowest BCUT2D eigenvalue weighted by atomic mass is 9.79. The van der Waals surface area contributed by atoms with Crippen LogP contribution in [0.5, 0.6) is 0 Å². The Morgan fingerprint density at radius 3 is 2.76 bits per heavy atom. The second-order valence-electron chi connectivity index (χ2n) is 10.3. The molecule has 2 aromatic carbocycles. The molecular weight excluding hydrogens is 495 g/mol. The molecule has 9 heteroatoms. The Kier molecular flexibility index (Phi) is 5.99. The van der Waals surface area contributed by atoms with Gasteiger partial charge in [-0.2, -0.15) is 0 Å². The van der Waals surface area contributed by atoms with Crippen molar-refractivity contribution >= 4 is 45.9 Å². The van der Waals surface area contributed by atoms with E-state index in [9.17, 15) is 18.8 Å². The summed E-state index contributed by atoms with van der Waals surface area (Å²) in [5.41, 5.74) is -0.463. The van der Waals surface area contributed by atoms with Gasteiger partial charge in [0.1, 0.15) is 17.4 Å². The number of para-hydroxylation sites is 1. The number of anilines is 1. The van der Waals surface area contributed by atoms with Crippen LogP contribution in [0.4, 0.5) is 10.1 Å². The number of hydrogen-bond donors (Lipinski definition) is 3. The molecule has 7 nitrogen and oxygen atoms in total. The first-order valence-electron chi connectivity index (χ1n) is 12.0. The maximum Gasteiger partial charge on any atom is 0.268 e. The highest BCUT2D eigenvalue weighted by Crippen LogP contribution is 2.46. The Hall–Kier alpha value is -3.83. The molecule has 0 bridgehead atoms. The van der Waals surface area contributed by atoms with E-state index in [1.807, 2.05) is 18.2 Å². The monoisotopic (exact) mass is 520 g/mol. The summed E-state index contributed by atoms with van der Waals surface area (Å²) in [5, 5.41) is 6.70. The maximum atomic E-state index is 14.8. The first kappa shape index (κ1) is 24.8. The number of fused-ring (bicyclic) bond motifs is 3. The predicted octanol–water partition coefficient (Wildman–Crippen LogP) is 4.18. The molecule has 1 saturated heterocycles. The van der Waals surface area contributed by atoms with Gasteiger partial charge in [0.2, 0.25) is 11.8 Å². The van der Waals surface area contributed by atoms with Crippen LogP contribution in [-0.4, -0.2) is 51.9 Å². The first-order valence-corrected chi connectivity index (χ1v) is 12.3. The van der Waals surface area contributed by atoms with E-state index in [1.54, 1.807) is 30.3 Å². The summed E-state index contributed by atoms with van der Waals surface area (Å²) in [4.78, 5) is 44.5. The van der Waals surface area contributed by atoms with Gasteiger partial charge in [-0.1, -0.05) is 41.8 Å². The Morgan fingerprint density at radius 2 is 2.05 bits per heavy atom. The minimum atomic E-state index is -1.77. The minimum Gasteiger partial charge on any atom is -0.350 e. The number of halogens is 2. The molecule has 0 aliphatic carbocycles. The lowest BCUT2D eigenvalue weighted by molar-refractivity contribution is -0.134. The summed E-state index contributed by atoms with van der Waals surface area (Å²) in [6.07, 6.45) is 5.76. The zero-order valence-electron chi connectivity index (χ0n) is 20.4. The standard InChI is InChI=1S/C28H26ClFN4O3/c1-4-16-13-28(18-8-5-6-10-21(18)33-26(28)37)15-34(16)25(36)23(14-27(2,3)30)32-24(35)22-12-17-19(29)9-7-11-20(17)31-22/h1,5-12,16,23,31H,13-15H2,2-3H3,(H,32,35)(H,33,37)/t16-,23?,28+/m1/s1. The number of aromatic nitrogens is 1. The fourth-order valence-electron chi connectivity index (χ4n) is 5.38. The van der Waals surface area contributed by atoms with Gasteiger partial charge in [-0.25, -0.2) is 4.39 Å². The normalized spacial score (nSPS) is 21.5. The minimum absolute atomic E-state index is 0.0324. The number of terminal acetylenes is 1. The molecule has 3 amide bonds. The van der Waals surface area contributed by atoms with Crippen LogP contribution < -0.4 is 10.6 Å². The van der Waals surface area contributed by atoms with E-state index in [1.165, 1.54) is 18.7 Å². The number of carbonyl (C=O) groups is 3. The number of amides is 3. The van der Waals surface area contributed by atoms with Gasteiger partial charge in [-0.3, -0.25) is 14.4 Å². The van der Waals surface area contributed by atoms with Crippen molar-refractivity contribution in [3.8, 4) is 12.3 Å². The van der Waals surface area contributed by atoms with Crippen molar-refractivity contribution in [3.63, 3.8) is 0 Å². The van der Waals surface area contributed by atoms with Crippen LogP contribution in [0, 0.1) is 12.3 Å². The summed E-state index contributed by atoms with van der Waals surface area (Å²) >= 11 is 6.23. The highest BCUT2D eigenvalue weighted by Gasteiger charge is 2.56. The number of hydrogen-bond acceptors (Lipinski definition) is 3. The van der Waals surface area contributed by atoms with E-state index >= 15 is 0 Å². The molecule has 2 aliphatic rings. The number of aromatic amines is 1. The number of alkyl halides is 1. The number of benzene rings is 2. The Morgan fingerprint density at radius 1 is 1.30 bits per heavy atom. The van der Waals surface area contributed by atoms with Crippen LogP contribution in [0.25, 0.3) is 10.9 Å². The van der Waals surface area contributed by atoms with E-state index in [-0.39, 0.29) is 31.0 Å². The quantitative estimate of drug-likeness (QED) is 0.440. The van der Waals surface area contributed by atoms with Crippen LogP contribution >= 0.6 is 11.6 Å². The average Bonchev–Trinajstić information content (AvgIpc) is 3.53. The fourth-order valence-corrected chi connectivity index (χ4v) is 5.61. The zero-order valence-corrected chi connectivity index (χ0v) is 21.2. The van der Waals surface area contributed by atoms with E-state index in [2.05, 4.69) is 21.5 Å². The van der Waals surface area contributed by atoms with Crippen molar-refractivity contribution in [1.29, 1.82) is 0 Å².